The molecule has 4 nitrogen and oxygen atoms in total. The fourth-order valence-corrected chi connectivity index (χ4v) is 2.37. The Labute approximate surface area is 117 Å². The Bertz CT molecular complexity index is 548. The average Bonchev–Trinajstić information content (AvgIpc) is 2.86. The molecule has 1 aromatic carbocycles. The third-order valence-electron chi connectivity index (χ3n) is 2.82. The SMILES string of the molecule is CCCc1nnsc1C(=O)NCc1ccc(C)cc1. The Morgan fingerprint density at radius 1 is 1.32 bits per heavy atom. The lowest BCUT2D eigenvalue weighted by atomic mass is 10.1. The van der Waals surface area contributed by atoms with Crippen molar-refractivity contribution in [2.24, 2.45) is 0 Å². The third kappa shape index (κ3) is 3.61. The summed E-state index contributed by atoms with van der Waals surface area (Å²) in [6.07, 6.45) is 1.76. The van der Waals surface area contributed by atoms with E-state index < -0.39 is 0 Å². The van der Waals surface area contributed by atoms with Gasteiger partial charge in [-0.1, -0.05) is 47.7 Å². The fraction of sp³-hybridized carbons (Fsp3) is 0.357. The van der Waals surface area contributed by atoms with Crippen LogP contribution in [0.1, 0.15) is 39.8 Å². The lowest BCUT2D eigenvalue weighted by Crippen LogP contribution is -2.23. The maximum Gasteiger partial charge on any atom is 0.265 e. The number of carbonyl (C=O) groups is 1. The van der Waals surface area contributed by atoms with Crippen molar-refractivity contribution in [2.75, 3.05) is 0 Å². The molecule has 1 heterocycles. The standard InChI is InChI=1S/C14H17N3OS/c1-3-4-12-13(19-17-16-12)14(18)15-9-11-7-5-10(2)6-8-11/h5-8H,3-4,9H2,1-2H3,(H,15,18). The van der Waals surface area contributed by atoms with Crippen molar-refractivity contribution in [3.8, 4) is 0 Å². The minimum absolute atomic E-state index is 0.0842. The van der Waals surface area contributed by atoms with Crippen LogP contribution in [-0.4, -0.2) is 15.5 Å². The summed E-state index contributed by atoms with van der Waals surface area (Å²) in [6, 6.07) is 8.12. The first-order valence-corrected chi connectivity index (χ1v) is 7.13. The van der Waals surface area contributed by atoms with Gasteiger partial charge >= 0.3 is 0 Å². The second-order valence-electron chi connectivity index (χ2n) is 4.47. The normalized spacial score (nSPS) is 10.4. The van der Waals surface area contributed by atoms with Crippen molar-refractivity contribution in [2.45, 2.75) is 33.2 Å². The average molecular weight is 275 g/mol. The van der Waals surface area contributed by atoms with E-state index in [1.807, 2.05) is 31.2 Å². The van der Waals surface area contributed by atoms with Crippen molar-refractivity contribution in [3.63, 3.8) is 0 Å². The summed E-state index contributed by atoms with van der Waals surface area (Å²) in [7, 11) is 0. The first kappa shape index (κ1) is 13.7. The molecule has 1 aromatic heterocycles. The highest BCUT2D eigenvalue weighted by molar-refractivity contribution is 7.08. The lowest BCUT2D eigenvalue weighted by molar-refractivity contribution is 0.0954. The van der Waals surface area contributed by atoms with E-state index in [0.29, 0.717) is 11.4 Å². The molecule has 0 saturated heterocycles. The molecule has 0 aliphatic rings. The van der Waals surface area contributed by atoms with Gasteiger partial charge in [-0.05, 0) is 30.4 Å². The van der Waals surface area contributed by atoms with E-state index in [-0.39, 0.29) is 5.91 Å². The van der Waals surface area contributed by atoms with Crippen LogP contribution in [0.2, 0.25) is 0 Å². The number of hydrogen-bond donors (Lipinski definition) is 1. The molecule has 0 atom stereocenters. The van der Waals surface area contributed by atoms with Crippen LogP contribution in [0.4, 0.5) is 0 Å². The van der Waals surface area contributed by atoms with E-state index in [0.717, 1.165) is 35.6 Å². The fourth-order valence-electron chi connectivity index (χ4n) is 1.75. The number of aromatic nitrogens is 2. The van der Waals surface area contributed by atoms with Crippen molar-refractivity contribution in [1.82, 2.24) is 14.9 Å². The van der Waals surface area contributed by atoms with Crippen LogP contribution in [0.3, 0.4) is 0 Å². The van der Waals surface area contributed by atoms with E-state index in [2.05, 4.69) is 21.8 Å². The molecular weight excluding hydrogens is 258 g/mol. The lowest BCUT2D eigenvalue weighted by Gasteiger charge is -2.05. The maximum absolute atomic E-state index is 12.1. The Morgan fingerprint density at radius 3 is 2.74 bits per heavy atom. The molecule has 100 valence electrons. The van der Waals surface area contributed by atoms with Gasteiger partial charge in [-0.15, -0.1) is 5.10 Å². The zero-order chi connectivity index (χ0) is 13.7. The number of amides is 1. The number of nitrogens with one attached hydrogen (secondary N) is 1. The monoisotopic (exact) mass is 275 g/mol. The van der Waals surface area contributed by atoms with Gasteiger partial charge < -0.3 is 5.32 Å². The summed E-state index contributed by atoms with van der Waals surface area (Å²) in [5.74, 6) is -0.0842. The summed E-state index contributed by atoms with van der Waals surface area (Å²) >= 11 is 1.16. The summed E-state index contributed by atoms with van der Waals surface area (Å²) < 4.78 is 3.86. The maximum atomic E-state index is 12.1. The molecule has 0 aliphatic carbocycles. The molecule has 0 fully saturated rings. The number of nitrogens with zero attached hydrogens (tertiary/aromatic N) is 2. The topological polar surface area (TPSA) is 54.9 Å². The largest absolute Gasteiger partial charge is 0.347 e. The molecule has 0 aliphatic heterocycles. The number of benzene rings is 1. The Kier molecular flexibility index (Phi) is 4.63. The molecule has 1 N–H and O–H groups in total. The van der Waals surface area contributed by atoms with E-state index in [9.17, 15) is 4.79 Å². The van der Waals surface area contributed by atoms with Crippen LogP contribution >= 0.6 is 11.5 Å². The van der Waals surface area contributed by atoms with Gasteiger partial charge in [0, 0.05) is 6.54 Å². The number of aryl methyl sites for hydroxylation is 2. The summed E-state index contributed by atoms with van der Waals surface area (Å²) in [6.45, 7) is 4.64. The van der Waals surface area contributed by atoms with Crippen LogP contribution in [0, 0.1) is 6.92 Å². The molecule has 1 amide bonds. The van der Waals surface area contributed by atoms with E-state index >= 15 is 0 Å². The number of hydrogen-bond acceptors (Lipinski definition) is 4. The van der Waals surface area contributed by atoms with Gasteiger partial charge in [0.05, 0.1) is 5.69 Å². The quantitative estimate of drug-likeness (QED) is 0.913. The molecule has 2 aromatic rings. The van der Waals surface area contributed by atoms with E-state index in [1.165, 1.54) is 5.56 Å². The Hall–Kier alpha value is -1.75. The van der Waals surface area contributed by atoms with Crippen LogP contribution in [-0.2, 0) is 13.0 Å². The van der Waals surface area contributed by atoms with Gasteiger partial charge in [0.15, 0.2) is 0 Å². The molecule has 0 spiro atoms. The van der Waals surface area contributed by atoms with Gasteiger partial charge in [-0.3, -0.25) is 4.79 Å². The first-order chi connectivity index (χ1) is 9.20. The molecule has 19 heavy (non-hydrogen) atoms. The summed E-state index contributed by atoms with van der Waals surface area (Å²) in [5.41, 5.74) is 3.11. The van der Waals surface area contributed by atoms with Gasteiger partial charge in [0.2, 0.25) is 0 Å². The first-order valence-electron chi connectivity index (χ1n) is 6.35. The second-order valence-corrected chi connectivity index (χ2v) is 5.22. The minimum atomic E-state index is -0.0842. The van der Waals surface area contributed by atoms with Crippen LogP contribution in [0.5, 0.6) is 0 Å². The number of carbonyl (C=O) groups excluding carboxylic acids is 1. The molecule has 0 saturated carbocycles. The second kappa shape index (κ2) is 6.43. The molecule has 5 heteroatoms. The zero-order valence-corrected chi connectivity index (χ0v) is 12.0. The molecular formula is C14H17N3OS. The predicted octanol–water partition coefficient (Wildman–Crippen LogP) is 2.73. The van der Waals surface area contributed by atoms with Gasteiger partial charge in [0.1, 0.15) is 4.88 Å². The van der Waals surface area contributed by atoms with Crippen molar-refractivity contribution in [3.05, 3.63) is 46.0 Å². The summed E-state index contributed by atoms with van der Waals surface area (Å²) in [5, 5.41) is 6.91. The van der Waals surface area contributed by atoms with Crippen molar-refractivity contribution in [1.29, 1.82) is 0 Å². The Balaban J connectivity index is 1.97. The van der Waals surface area contributed by atoms with Crippen molar-refractivity contribution < 1.29 is 4.79 Å². The van der Waals surface area contributed by atoms with Crippen LogP contribution in [0.15, 0.2) is 24.3 Å². The van der Waals surface area contributed by atoms with E-state index in [4.69, 9.17) is 0 Å². The van der Waals surface area contributed by atoms with Gasteiger partial charge in [-0.2, -0.15) is 0 Å². The van der Waals surface area contributed by atoms with Gasteiger partial charge in [-0.25, -0.2) is 0 Å². The molecule has 0 unspecified atom stereocenters. The highest BCUT2D eigenvalue weighted by Gasteiger charge is 2.14. The molecule has 2 rings (SSSR count). The number of rotatable bonds is 5. The van der Waals surface area contributed by atoms with Gasteiger partial charge in [0.25, 0.3) is 5.91 Å². The highest BCUT2D eigenvalue weighted by Crippen LogP contribution is 2.12. The van der Waals surface area contributed by atoms with E-state index in [1.54, 1.807) is 0 Å². The molecule has 0 bridgehead atoms. The van der Waals surface area contributed by atoms with Crippen LogP contribution < -0.4 is 5.32 Å². The predicted molar refractivity (Wildman–Crippen MR) is 76.3 cm³/mol. The Morgan fingerprint density at radius 2 is 2.05 bits per heavy atom. The zero-order valence-electron chi connectivity index (χ0n) is 11.1. The molecule has 0 radical (unpaired) electrons. The third-order valence-corrected chi connectivity index (χ3v) is 3.59. The summed E-state index contributed by atoms with van der Waals surface area (Å²) in [4.78, 5) is 12.7. The smallest absolute Gasteiger partial charge is 0.265 e. The van der Waals surface area contributed by atoms with Crippen molar-refractivity contribution >= 4 is 17.4 Å². The highest BCUT2D eigenvalue weighted by atomic mass is 32.1. The van der Waals surface area contributed by atoms with Crippen LogP contribution in [0.25, 0.3) is 0 Å². The minimum Gasteiger partial charge on any atom is -0.347 e.